The van der Waals surface area contributed by atoms with E-state index in [1.54, 1.807) is 18.3 Å². The van der Waals surface area contributed by atoms with Crippen LogP contribution in [0.4, 0.5) is 17.1 Å². The standard InChI is InChI=1S/C20H16Cl3N3/c1-26(16-5-3-2-4-6-16)17-9-7-14(8-10-17)13-24-25-20-18(22)11-15(21)12-19(20)23/h2-13,25H,1H3. The third-order valence-electron chi connectivity index (χ3n) is 3.82. The van der Waals surface area contributed by atoms with E-state index >= 15 is 0 Å². The molecule has 3 aromatic rings. The van der Waals surface area contributed by atoms with Crippen molar-refractivity contribution in [2.45, 2.75) is 0 Å². The summed E-state index contributed by atoms with van der Waals surface area (Å²) < 4.78 is 0. The molecule has 3 nitrogen and oxygen atoms in total. The first-order valence-corrected chi connectivity index (χ1v) is 9.00. The number of rotatable bonds is 5. The molecule has 3 rings (SSSR count). The molecule has 0 saturated heterocycles. The van der Waals surface area contributed by atoms with E-state index in [4.69, 9.17) is 34.8 Å². The normalized spacial score (nSPS) is 10.9. The molecule has 0 heterocycles. The molecule has 0 radical (unpaired) electrons. The average molecular weight is 405 g/mol. The van der Waals surface area contributed by atoms with E-state index in [1.165, 1.54) is 0 Å². The van der Waals surface area contributed by atoms with E-state index in [-0.39, 0.29) is 0 Å². The summed E-state index contributed by atoms with van der Waals surface area (Å²) >= 11 is 18.1. The molecule has 6 heteroatoms. The minimum atomic E-state index is 0.416. The van der Waals surface area contributed by atoms with Gasteiger partial charge >= 0.3 is 0 Å². The maximum absolute atomic E-state index is 6.12. The Hall–Kier alpha value is -2.20. The number of halogens is 3. The molecule has 3 aromatic carbocycles. The molecular weight excluding hydrogens is 389 g/mol. The maximum atomic E-state index is 6.12. The van der Waals surface area contributed by atoms with Crippen molar-refractivity contribution in [3.05, 3.63) is 87.4 Å². The molecule has 132 valence electrons. The summed E-state index contributed by atoms with van der Waals surface area (Å²) in [5.74, 6) is 0. The second-order valence-electron chi connectivity index (χ2n) is 5.60. The van der Waals surface area contributed by atoms with Crippen LogP contribution in [0.25, 0.3) is 0 Å². The second-order valence-corrected chi connectivity index (χ2v) is 6.85. The van der Waals surface area contributed by atoms with Crippen molar-refractivity contribution in [2.75, 3.05) is 17.4 Å². The average Bonchev–Trinajstić information content (AvgIpc) is 2.64. The highest BCUT2D eigenvalue weighted by Crippen LogP contribution is 2.33. The number of hydrazone groups is 1. The summed E-state index contributed by atoms with van der Waals surface area (Å²) in [7, 11) is 2.03. The molecule has 26 heavy (non-hydrogen) atoms. The Morgan fingerprint density at radius 3 is 2.04 bits per heavy atom. The summed E-state index contributed by atoms with van der Waals surface area (Å²) in [6.07, 6.45) is 1.70. The fourth-order valence-corrected chi connectivity index (χ4v) is 3.31. The predicted molar refractivity (Wildman–Crippen MR) is 114 cm³/mol. The Balaban J connectivity index is 1.69. The number of nitrogens with one attached hydrogen (secondary N) is 1. The first-order valence-electron chi connectivity index (χ1n) is 7.87. The number of anilines is 3. The molecule has 0 atom stereocenters. The van der Waals surface area contributed by atoms with Gasteiger partial charge < -0.3 is 4.90 Å². The maximum Gasteiger partial charge on any atom is 0.0935 e. The SMILES string of the molecule is CN(c1ccccc1)c1ccc(C=NNc2c(Cl)cc(Cl)cc2Cl)cc1. The first kappa shape index (κ1) is 18.6. The van der Waals surface area contributed by atoms with Crippen LogP contribution in [0.1, 0.15) is 5.56 Å². The lowest BCUT2D eigenvalue weighted by Gasteiger charge is -2.19. The van der Waals surface area contributed by atoms with Gasteiger partial charge in [-0.3, -0.25) is 5.43 Å². The second kappa shape index (κ2) is 8.45. The third-order valence-corrected chi connectivity index (χ3v) is 4.64. The van der Waals surface area contributed by atoms with Crippen molar-refractivity contribution >= 4 is 58.1 Å². The van der Waals surface area contributed by atoms with Crippen LogP contribution in [0, 0.1) is 0 Å². The molecule has 0 aliphatic carbocycles. The van der Waals surface area contributed by atoms with Gasteiger partial charge in [0.05, 0.1) is 21.9 Å². The largest absolute Gasteiger partial charge is 0.345 e. The van der Waals surface area contributed by atoms with Gasteiger partial charge in [0, 0.05) is 23.4 Å². The van der Waals surface area contributed by atoms with Crippen LogP contribution in [0.2, 0.25) is 15.1 Å². The van der Waals surface area contributed by atoms with Crippen molar-refractivity contribution < 1.29 is 0 Å². The van der Waals surface area contributed by atoms with E-state index in [0.29, 0.717) is 20.8 Å². The van der Waals surface area contributed by atoms with Gasteiger partial charge in [0.25, 0.3) is 0 Å². The van der Waals surface area contributed by atoms with E-state index in [2.05, 4.69) is 27.6 Å². The monoisotopic (exact) mass is 403 g/mol. The molecular formula is C20H16Cl3N3. The minimum Gasteiger partial charge on any atom is -0.345 e. The first-order chi connectivity index (χ1) is 12.5. The topological polar surface area (TPSA) is 27.6 Å². The molecule has 1 N–H and O–H groups in total. The van der Waals surface area contributed by atoms with Gasteiger partial charge in [-0.05, 0) is 42.0 Å². The number of nitrogens with zero attached hydrogens (tertiary/aromatic N) is 2. The van der Waals surface area contributed by atoms with Crippen LogP contribution in [0.3, 0.4) is 0 Å². The predicted octanol–water partition coefficient (Wildman–Crippen LogP) is 6.86. The quantitative estimate of drug-likeness (QED) is 0.371. The molecule has 0 aliphatic rings. The lowest BCUT2D eigenvalue weighted by Crippen LogP contribution is -2.08. The Morgan fingerprint density at radius 2 is 1.42 bits per heavy atom. The minimum absolute atomic E-state index is 0.416. The summed E-state index contributed by atoms with van der Waals surface area (Å²) in [6, 6.07) is 21.5. The molecule has 0 spiro atoms. The lowest BCUT2D eigenvalue weighted by atomic mass is 10.2. The molecule has 0 saturated carbocycles. The molecule has 0 fully saturated rings. The fourth-order valence-electron chi connectivity index (χ4n) is 2.41. The van der Waals surface area contributed by atoms with Gasteiger partial charge in [-0.1, -0.05) is 65.1 Å². The highest BCUT2D eigenvalue weighted by molar-refractivity contribution is 6.41. The van der Waals surface area contributed by atoms with E-state index in [1.807, 2.05) is 49.5 Å². The molecule has 0 amide bonds. The van der Waals surface area contributed by atoms with Gasteiger partial charge in [-0.2, -0.15) is 5.10 Å². The van der Waals surface area contributed by atoms with Gasteiger partial charge in [0.1, 0.15) is 0 Å². The van der Waals surface area contributed by atoms with Crippen LogP contribution in [0.15, 0.2) is 71.8 Å². The van der Waals surface area contributed by atoms with Crippen LogP contribution >= 0.6 is 34.8 Å². The van der Waals surface area contributed by atoms with Crippen molar-refractivity contribution in [2.24, 2.45) is 5.10 Å². The fraction of sp³-hybridized carbons (Fsp3) is 0.0500. The highest BCUT2D eigenvalue weighted by atomic mass is 35.5. The zero-order chi connectivity index (χ0) is 18.5. The van der Waals surface area contributed by atoms with Crippen molar-refractivity contribution in [3.8, 4) is 0 Å². The molecule has 0 unspecified atom stereocenters. The van der Waals surface area contributed by atoms with Crippen LogP contribution in [-0.2, 0) is 0 Å². The van der Waals surface area contributed by atoms with Crippen molar-refractivity contribution in [3.63, 3.8) is 0 Å². The summed E-state index contributed by atoms with van der Waals surface area (Å²) in [5, 5.41) is 5.51. The molecule has 0 aromatic heterocycles. The highest BCUT2D eigenvalue weighted by Gasteiger charge is 2.06. The Kier molecular flexibility index (Phi) is 6.04. The van der Waals surface area contributed by atoms with E-state index in [0.717, 1.165) is 16.9 Å². The van der Waals surface area contributed by atoms with Crippen molar-refractivity contribution in [1.82, 2.24) is 0 Å². The number of hydrogen-bond donors (Lipinski definition) is 1. The van der Waals surface area contributed by atoms with E-state index < -0.39 is 0 Å². The smallest absolute Gasteiger partial charge is 0.0935 e. The van der Waals surface area contributed by atoms with Crippen molar-refractivity contribution in [1.29, 1.82) is 0 Å². The number of para-hydroxylation sites is 1. The van der Waals surface area contributed by atoms with Gasteiger partial charge in [0.15, 0.2) is 0 Å². The number of hydrogen-bond acceptors (Lipinski definition) is 3. The zero-order valence-corrected chi connectivity index (χ0v) is 16.2. The Bertz CT molecular complexity index is 886. The van der Waals surface area contributed by atoms with Crippen LogP contribution < -0.4 is 10.3 Å². The Labute approximate surface area is 167 Å². The summed E-state index contributed by atoms with van der Waals surface area (Å²) in [6.45, 7) is 0. The lowest BCUT2D eigenvalue weighted by molar-refractivity contribution is 1.21. The van der Waals surface area contributed by atoms with E-state index in [9.17, 15) is 0 Å². The summed E-state index contributed by atoms with van der Waals surface area (Å²) in [4.78, 5) is 2.12. The van der Waals surface area contributed by atoms with Gasteiger partial charge in [-0.25, -0.2) is 0 Å². The zero-order valence-electron chi connectivity index (χ0n) is 14.0. The molecule has 0 aliphatic heterocycles. The van der Waals surface area contributed by atoms with Crippen LogP contribution in [0.5, 0.6) is 0 Å². The Morgan fingerprint density at radius 1 is 0.846 bits per heavy atom. The van der Waals surface area contributed by atoms with Gasteiger partial charge in [-0.15, -0.1) is 0 Å². The van der Waals surface area contributed by atoms with Crippen LogP contribution in [-0.4, -0.2) is 13.3 Å². The third kappa shape index (κ3) is 4.50. The van der Waals surface area contributed by atoms with Gasteiger partial charge in [0.2, 0.25) is 0 Å². The number of benzene rings is 3. The molecule has 0 bridgehead atoms. The summed E-state index contributed by atoms with van der Waals surface area (Å²) in [5.41, 5.74) is 6.54.